The van der Waals surface area contributed by atoms with Crippen molar-refractivity contribution in [3.05, 3.63) is 64.4 Å². The molecular formula is C26H28Cl2FN5O3. The van der Waals surface area contributed by atoms with Crippen molar-refractivity contribution in [2.24, 2.45) is 0 Å². The van der Waals surface area contributed by atoms with Crippen LogP contribution in [0.5, 0.6) is 5.75 Å². The highest BCUT2D eigenvalue weighted by Gasteiger charge is 2.27. The predicted molar refractivity (Wildman–Crippen MR) is 141 cm³/mol. The van der Waals surface area contributed by atoms with Crippen LogP contribution in [0.25, 0.3) is 11.1 Å². The van der Waals surface area contributed by atoms with E-state index in [0.29, 0.717) is 48.5 Å². The van der Waals surface area contributed by atoms with Gasteiger partial charge in [-0.2, -0.15) is 0 Å². The number of rotatable bonds is 5. The van der Waals surface area contributed by atoms with Gasteiger partial charge in [0.15, 0.2) is 0 Å². The Balaban J connectivity index is 1.40. The first-order chi connectivity index (χ1) is 17.5. The minimum absolute atomic E-state index is 0.0694. The van der Waals surface area contributed by atoms with E-state index >= 15 is 0 Å². The Kier molecular flexibility index (Phi) is 8.04. The van der Waals surface area contributed by atoms with Gasteiger partial charge in [-0.1, -0.05) is 23.2 Å². The molecule has 8 nitrogen and oxygen atoms in total. The van der Waals surface area contributed by atoms with E-state index in [4.69, 9.17) is 32.7 Å². The summed E-state index contributed by atoms with van der Waals surface area (Å²) in [5.74, 6) is 0.479. The fourth-order valence-electron chi connectivity index (χ4n) is 3.87. The molecule has 1 aliphatic heterocycles. The van der Waals surface area contributed by atoms with Crippen molar-refractivity contribution in [1.29, 1.82) is 0 Å². The second-order valence-corrected chi connectivity index (χ2v) is 10.4. The van der Waals surface area contributed by atoms with Gasteiger partial charge in [-0.25, -0.2) is 19.2 Å². The zero-order valence-corrected chi connectivity index (χ0v) is 22.6. The summed E-state index contributed by atoms with van der Waals surface area (Å²) < 4.78 is 25.3. The number of anilines is 1. The van der Waals surface area contributed by atoms with E-state index in [2.05, 4.69) is 15.0 Å². The molecule has 1 amide bonds. The first kappa shape index (κ1) is 26.9. The summed E-state index contributed by atoms with van der Waals surface area (Å²) in [6, 6.07) is 4.46. The number of carbonyl (C=O) groups is 1. The third kappa shape index (κ3) is 6.59. The number of halogens is 3. The van der Waals surface area contributed by atoms with Gasteiger partial charge in [0.25, 0.3) is 0 Å². The van der Waals surface area contributed by atoms with Crippen LogP contribution in [-0.4, -0.2) is 57.7 Å². The molecule has 0 spiro atoms. The molecule has 0 bridgehead atoms. The topological polar surface area (TPSA) is 80.7 Å². The van der Waals surface area contributed by atoms with E-state index in [0.717, 1.165) is 11.1 Å². The Morgan fingerprint density at radius 2 is 1.70 bits per heavy atom. The van der Waals surface area contributed by atoms with Crippen LogP contribution in [-0.2, 0) is 4.74 Å². The monoisotopic (exact) mass is 547 g/mol. The van der Waals surface area contributed by atoms with Crippen LogP contribution in [0.4, 0.5) is 15.1 Å². The molecule has 4 rings (SSSR count). The predicted octanol–water partition coefficient (Wildman–Crippen LogP) is 6.18. The minimum atomic E-state index is -0.606. The van der Waals surface area contributed by atoms with Crippen LogP contribution in [0.3, 0.4) is 0 Å². The van der Waals surface area contributed by atoms with Crippen LogP contribution in [0.2, 0.25) is 10.0 Å². The number of aromatic nitrogens is 3. The molecule has 1 atom stereocenters. The smallest absolute Gasteiger partial charge is 0.410 e. The van der Waals surface area contributed by atoms with Crippen LogP contribution in [0.1, 0.15) is 39.4 Å². The summed E-state index contributed by atoms with van der Waals surface area (Å²) in [5.41, 5.74) is 1.35. The fourth-order valence-corrected chi connectivity index (χ4v) is 4.55. The second-order valence-electron chi connectivity index (χ2n) is 9.65. The first-order valence-corrected chi connectivity index (χ1v) is 12.6. The molecule has 0 aliphatic carbocycles. The maximum absolute atomic E-state index is 13.9. The van der Waals surface area contributed by atoms with Crippen molar-refractivity contribution in [2.45, 2.75) is 39.4 Å². The average Bonchev–Trinajstić information content (AvgIpc) is 2.86. The first-order valence-electron chi connectivity index (χ1n) is 11.8. The van der Waals surface area contributed by atoms with Gasteiger partial charge in [-0.15, -0.1) is 0 Å². The highest BCUT2D eigenvalue weighted by atomic mass is 35.5. The van der Waals surface area contributed by atoms with Crippen molar-refractivity contribution < 1.29 is 18.7 Å². The molecule has 2 aromatic heterocycles. The fraction of sp³-hybridized carbons (Fsp3) is 0.385. The Morgan fingerprint density at radius 3 is 2.35 bits per heavy atom. The summed E-state index contributed by atoms with van der Waals surface area (Å²) in [6.45, 7) is 9.55. The highest BCUT2D eigenvalue weighted by Crippen LogP contribution is 2.35. The maximum atomic E-state index is 13.9. The van der Waals surface area contributed by atoms with Gasteiger partial charge in [0.05, 0.1) is 11.2 Å². The molecule has 0 radical (unpaired) electrons. The number of pyridine rings is 1. The number of hydrogen-bond acceptors (Lipinski definition) is 7. The van der Waals surface area contributed by atoms with Crippen LogP contribution < -0.4 is 9.64 Å². The van der Waals surface area contributed by atoms with E-state index < -0.39 is 17.5 Å². The minimum Gasteiger partial charge on any atom is -0.484 e. The molecule has 0 unspecified atom stereocenters. The van der Waals surface area contributed by atoms with E-state index in [1.807, 2.05) is 25.7 Å². The Morgan fingerprint density at radius 1 is 1.03 bits per heavy atom. The third-order valence-electron chi connectivity index (χ3n) is 5.70. The summed E-state index contributed by atoms with van der Waals surface area (Å²) in [5, 5.41) is 0.249. The standard InChI is InChI=1S/C26H28Cl2FN5O3/c1-16(22-20(27)5-6-21(29)23(22)28)36-19-11-17(12-30-15-19)18-13-31-24(32-14-18)33-7-9-34(10-8-33)25(35)37-26(2,3)4/h5-6,11-16H,7-10H2,1-4H3/t16-/m0/s1. The number of carbonyl (C=O) groups excluding carboxylic acids is 1. The van der Waals surface area contributed by atoms with Crippen molar-refractivity contribution in [2.75, 3.05) is 31.1 Å². The molecule has 3 heterocycles. The van der Waals surface area contributed by atoms with Gasteiger partial charge in [0, 0.05) is 66.5 Å². The maximum Gasteiger partial charge on any atom is 0.410 e. The molecular weight excluding hydrogens is 520 g/mol. The van der Waals surface area contributed by atoms with Crippen LogP contribution >= 0.6 is 23.2 Å². The molecule has 0 N–H and O–H groups in total. The third-order valence-corrected chi connectivity index (χ3v) is 6.41. The molecule has 1 aromatic carbocycles. The summed E-state index contributed by atoms with van der Waals surface area (Å²) >= 11 is 12.3. The van der Waals surface area contributed by atoms with Gasteiger partial charge >= 0.3 is 6.09 Å². The van der Waals surface area contributed by atoms with E-state index in [9.17, 15) is 9.18 Å². The number of amides is 1. The lowest BCUT2D eigenvalue weighted by atomic mass is 10.1. The summed E-state index contributed by atoms with van der Waals surface area (Å²) in [6.07, 6.45) is 5.75. The zero-order valence-electron chi connectivity index (χ0n) is 21.0. The van der Waals surface area contributed by atoms with Gasteiger partial charge in [0.1, 0.15) is 23.3 Å². The van der Waals surface area contributed by atoms with Gasteiger partial charge in [-0.3, -0.25) is 4.98 Å². The Bertz CT molecular complexity index is 1260. The molecule has 37 heavy (non-hydrogen) atoms. The number of ether oxygens (including phenoxy) is 2. The van der Waals surface area contributed by atoms with Gasteiger partial charge in [-0.05, 0) is 45.9 Å². The van der Waals surface area contributed by atoms with Crippen molar-refractivity contribution in [1.82, 2.24) is 19.9 Å². The van der Waals surface area contributed by atoms with Crippen LogP contribution in [0, 0.1) is 5.82 Å². The number of hydrogen-bond donors (Lipinski definition) is 0. The van der Waals surface area contributed by atoms with Crippen molar-refractivity contribution in [3.8, 4) is 16.9 Å². The van der Waals surface area contributed by atoms with Gasteiger partial charge < -0.3 is 19.3 Å². The van der Waals surface area contributed by atoms with E-state index in [1.165, 1.54) is 12.1 Å². The lowest BCUT2D eigenvalue weighted by Gasteiger charge is -2.35. The number of benzene rings is 1. The SMILES string of the molecule is C[C@H](Oc1cncc(-c2cnc(N3CCN(C(=O)OC(C)(C)C)CC3)nc2)c1)c1c(Cl)ccc(F)c1Cl. The lowest BCUT2D eigenvalue weighted by Crippen LogP contribution is -2.50. The van der Waals surface area contributed by atoms with Crippen molar-refractivity contribution >= 4 is 35.2 Å². The molecule has 196 valence electrons. The van der Waals surface area contributed by atoms with Crippen LogP contribution in [0.15, 0.2) is 43.0 Å². The summed E-state index contributed by atoms with van der Waals surface area (Å²) in [7, 11) is 0. The second kappa shape index (κ2) is 11.1. The zero-order chi connectivity index (χ0) is 26.7. The average molecular weight is 548 g/mol. The van der Waals surface area contributed by atoms with Gasteiger partial charge in [0.2, 0.25) is 5.95 Å². The van der Waals surface area contributed by atoms with E-state index in [1.54, 1.807) is 42.7 Å². The van der Waals surface area contributed by atoms with E-state index in [-0.39, 0.29) is 11.1 Å². The molecule has 1 aliphatic rings. The normalized spacial score (nSPS) is 14.9. The molecule has 1 fully saturated rings. The van der Waals surface area contributed by atoms with Crippen molar-refractivity contribution in [3.63, 3.8) is 0 Å². The molecule has 11 heteroatoms. The quantitative estimate of drug-likeness (QED) is 0.352. The largest absolute Gasteiger partial charge is 0.484 e. The molecule has 0 saturated carbocycles. The summed E-state index contributed by atoms with van der Waals surface area (Å²) in [4.78, 5) is 29.3. The Hall–Kier alpha value is -3.17. The number of nitrogens with zero attached hydrogens (tertiary/aromatic N) is 5. The molecule has 3 aromatic rings. The highest BCUT2D eigenvalue weighted by molar-refractivity contribution is 6.36. The Labute approximate surface area is 225 Å². The lowest BCUT2D eigenvalue weighted by molar-refractivity contribution is 0.0240. The molecule has 1 saturated heterocycles. The number of piperazine rings is 1.